The number of rotatable bonds is 6. The number of aliphatic hydroxyl groups is 6. The molecule has 10 atom stereocenters. The van der Waals surface area contributed by atoms with Crippen molar-refractivity contribution in [1.82, 2.24) is 0 Å². The SMILES string of the molecule is CC1OC(OCC2OC(Oc3ccc4c(=O)c(-c5ccc6c(c5)OCO6)coc4c3)C(O)C(O)C2O)C(O)C(O)C1O. The Balaban J connectivity index is 1.16. The molecule has 14 heteroatoms. The molecule has 0 bridgehead atoms. The summed E-state index contributed by atoms with van der Waals surface area (Å²) in [6, 6.07) is 9.47. The van der Waals surface area contributed by atoms with Gasteiger partial charge < -0.3 is 63.5 Å². The van der Waals surface area contributed by atoms with E-state index in [1.807, 2.05) is 0 Å². The van der Waals surface area contributed by atoms with Crippen molar-refractivity contribution >= 4 is 11.0 Å². The van der Waals surface area contributed by atoms with Crippen LogP contribution in [0.3, 0.4) is 0 Å². The number of hydrogen-bond donors (Lipinski definition) is 6. The number of fused-ring (bicyclic) bond motifs is 2. The van der Waals surface area contributed by atoms with E-state index in [2.05, 4.69) is 0 Å². The van der Waals surface area contributed by atoms with Crippen LogP contribution in [-0.2, 0) is 14.2 Å². The van der Waals surface area contributed by atoms with Gasteiger partial charge in [-0.3, -0.25) is 4.79 Å². The lowest BCUT2D eigenvalue weighted by Crippen LogP contribution is -2.61. The van der Waals surface area contributed by atoms with Crippen LogP contribution in [0, 0.1) is 0 Å². The van der Waals surface area contributed by atoms with E-state index < -0.39 is 68.0 Å². The zero-order chi connectivity index (χ0) is 29.7. The molecular formula is C28H30O14. The average molecular weight is 591 g/mol. The summed E-state index contributed by atoms with van der Waals surface area (Å²) in [6.07, 6.45) is -13.0. The van der Waals surface area contributed by atoms with Crippen LogP contribution in [0.15, 0.2) is 51.9 Å². The molecule has 6 rings (SSSR count). The summed E-state index contributed by atoms with van der Waals surface area (Å²) in [6.45, 7) is 1.15. The predicted molar refractivity (Wildman–Crippen MR) is 140 cm³/mol. The molecule has 0 aliphatic carbocycles. The number of ether oxygens (including phenoxy) is 6. The van der Waals surface area contributed by atoms with Crippen LogP contribution in [0.5, 0.6) is 17.2 Å². The molecule has 2 aromatic carbocycles. The van der Waals surface area contributed by atoms with E-state index in [-0.39, 0.29) is 28.9 Å². The summed E-state index contributed by atoms with van der Waals surface area (Å²) in [4.78, 5) is 13.2. The van der Waals surface area contributed by atoms with Crippen LogP contribution < -0.4 is 19.6 Å². The van der Waals surface area contributed by atoms with E-state index in [1.54, 1.807) is 18.2 Å². The first-order valence-electron chi connectivity index (χ1n) is 13.3. The van der Waals surface area contributed by atoms with Crippen LogP contribution in [0.1, 0.15) is 6.92 Å². The first-order valence-corrected chi connectivity index (χ1v) is 13.3. The molecular weight excluding hydrogens is 560 g/mol. The van der Waals surface area contributed by atoms with Crippen LogP contribution >= 0.6 is 0 Å². The van der Waals surface area contributed by atoms with E-state index in [0.717, 1.165) is 0 Å². The molecule has 1 aromatic heterocycles. The van der Waals surface area contributed by atoms with Crippen molar-refractivity contribution in [1.29, 1.82) is 0 Å². The topological polar surface area (TPSA) is 207 Å². The molecule has 42 heavy (non-hydrogen) atoms. The summed E-state index contributed by atoms with van der Waals surface area (Å²) in [5.74, 6) is 1.23. The van der Waals surface area contributed by atoms with E-state index in [0.29, 0.717) is 22.6 Å². The van der Waals surface area contributed by atoms with Crippen molar-refractivity contribution in [2.75, 3.05) is 13.4 Å². The van der Waals surface area contributed by atoms with Gasteiger partial charge in [0.25, 0.3) is 0 Å². The smallest absolute Gasteiger partial charge is 0.231 e. The highest BCUT2D eigenvalue weighted by Crippen LogP contribution is 2.36. The summed E-state index contributed by atoms with van der Waals surface area (Å²) < 4.78 is 38.7. The summed E-state index contributed by atoms with van der Waals surface area (Å²) in [5.41, 5.74) is 0.779. The number of aliphatic hydroxyl groups excluding tert-OH is 6. The fourth-order valence-corrected chi connectivity index (χ4v) is 5.07. The van der Waals surface area contributed by atoms with Gasteiger partial charge in [-0.15, -0.1) is 0 Å². The van der Waals surface area contributed by atoms with Crippen molar-refractivity contribution in [2.45, 2.75) is 68.3 Å². The second kappa shape index (κ2) is 11.4. The molecule has 0 saturated carbocycles. The highest BCUT2D eigenvalue weighted by Gasteiger charge is 2.47. The third-order valence-corrected chi connectivity index (χ3v) is 7.58. The molecule has 3 aromatic rings. The van der Waals surface area contributed by atoms with Crippen molar-refractivity contribution in [3.63, 3.8) is 0 Å². The maximum absolute atomic E-state index is 13.2. The van der Waals surface area contributed by atoms with Gasteiger partial charge in [0.15, 0.2) is 23.2 Å². The van der Waals surface area contributed by atoms with Crippen LogP contribution in [0.2, 0.25) is 0 Å². The largest absolute Gasteiger partial charge is 0.463 e. The first-order chi connectivity index (χ1) is 20.1. The molecule has 0 spiro atoms. The third kappa shape index (κ3) is 5.21. The fraction of sp³-hybridized carbons (Fsp3) is 0.464. The standard InChI is InChI=1S/C28H30O14/c1-11-20(29)23(32)25(34)27(40-11)37-9-19-22(31)24(33)26(35)28(42-19)41-13-3-4-14-17(7-13)36-8-15(21(14)30)12-2-5-16-18(6-12)39-10-38-16/h2-8,11,19-20,22-29,31-35H,9-10H2,1H3. The lowest BCUT2D eigenvalue weighted by Gasteiger charge is -2.42. The minimum atomic E-state index is -1.69. The first kappa shape index (κ1) is 28.8. The molecule has 3 aliphatic heterocycles. The molecule has 0 amide bonds. The van der Waals surface area contributed by atoms with Gasteiger partial charge in [0.05, 0.1) is 23.7 Å². The Kier molecular flexibility index (Phi) is 7.82. The molecule has 3 aliphatic rings. The van der Waals surface area contributed by atoms with Gasteiger partial charge in [0, 0.05) is 6.07 Å². The third-order valence-electron chi connectivity index (χ3n) is 7.58. The lowest BCUT2D eigenvalue weighted by atomic mass is 9.98. The highest BCUT2D eigenvalue weighted by molar-refractivity contribution is 5.83. The van der Waals surface area contributed by atoms with E-state index in [4.69, 9.17) is 32.8 Å². The summed E-state index contributed by atoms with van der Waals surface area (Å²) >= 11 is 0. The van der Waals surface area contributed by atoms with E-state index >= 15 is 0 Å². The number of benzene rings is 2. The molecule has 226 valence electrons. The average Bonchev–Trinajstić information content (AvgIpc) is 3.46. The van der Waals surface area contributed by atoms with Crippen molar-refractivity contribution in [3.05, 3.63) is 52.9 Å². The Morgan fingerprint density at radius 1 is 0.810 bits per heavy atom. The van der Waals surface area contributed by atoms with Crippen LogP contribution in [0.4, 0.5) is 0 Å². The van der Waals surface area contributed by atoms with E-state index in [9.17, 15) is 35.4 Å². The maximum atomic E-state index is 13.2. The van der Waals surface area contributed by atoms with Gasteiger partial charge in [0.1, 0.15) is 60.3 Å². The predicted octanol–water partition coefficient (Wildman–Crippen LogP) is -0.781. The quantitative estimate of drug-likeness (QED) is 0.208. The fourth-order valence-electron chi connectivity index (χ4n) is 5.07. The van der Waals surface area contributed by atoms with Gasteiger partial charge in [-0.2, -0.15) is 0 Å². The monoisotopic (exact) mass is 590 g/mol. The molecule has 2 fully saturated rings. The highest BCUT2D eigenvalue weighted by atomic mass is 16.7. The molecule has 10 unspecified atom stereocenters. The zero-order valence-corrected chi connectivity index (χ0v) is 22.2. The minimum absolute atomic E-state index is 0.101. The molecule has 6 N–H and O–H groups in total. The van der Waals surface area contributed by atoms with Crippen LogP contribution in [0.25, 0.3) is 22.1 Å². The molecule has 14 nitrogen and oxygen atoms in total. The number of hydrogen-bond acceptors (Lipinski definition) is 14. The Labute approximate surface area is 237 Å². The Hall–Kier alpha value is -3.31. The second-order valence-electron chi connectivity index (χ2n) is 10.4. The second-order valence-corrected chi connectivity index (χ2v) is 10.4. The minimum Gasteiger partial charge on any atom is -0.463 e. The molecule has 2 saturated heterocycles. The van der Waals surface area contributed by atoms with Gasteiger partial charge in [-0.25, -0.2) is 0 Å². The molecule has 0 radical (unpaired) electrons. The van der Waals surface area contributed by atoms with Gasteiger partial charge in [-0.1, -0.05) is 6.07 Å². The Bertz CT molecular complexity index is 1490. The van der Waals surface area contributed by atoms with Crippen molar-refractivity contribution in [2.24, 2.45) is 0 Å². The van der Waals surface area contributed by atoms with E-state index in [1.165, 1.54) is 31.4 Å². The van der Waals surface area contributed by atoms with Gasteiger partial charge >= 0.3 is 0 Å². The van der Waals surface area contributed by atoms with Gasteiger partial charge in [0.2, 0.25) is 13.1 Å². The summed E-state index contributed by atoms with van der Waals surface area (Å²) in [5, 5.41) is 61.7. The normalized spacial score (nSPS) is 34.5. The molecule has 4 heterocycles. The lowest BCUT2D eigenvalue weighted by molar-refractivity contribution is -0.318. The van der Waals surface area contributed by atoms with Crippen molar-refractivity contribution in [3.8, 4) is 28.4 Å². The van der Waals surface area contributed by atoms with Crippen LogP contribution in [-0.4, -0.2) is 105 Å². The zero-order valence-electron chi connectivity index (χ0n) is 22.2. The Morgan fingerprint density at radius 2 is 1.55 bits per heavy atom. The Morgan fingerprint density at radius 3 is 2.36 bits per heavy atom. The van der Waals surface area contributed by atoms with Gasteiger partial charge in [-0.05, 0) is 36.8 Å². The van der Waals surface area contributed by atoms with Crippen molar-refractivity contribution < 1.29 is 63.5 Å². The maximum Gasteiger partial charge on any atom is 0.231 e. The summed E-state index contributed by atoms with van der Waals surface area (Å²) in [7, 11) is 0.